The van der Waals surface area contributed by atoms with Crippen LogP contribution in [-0.4, -0.2) is 31.9 Å². The molecule has 2 aliphatic rings. The Kier molecular flexibility index (Phi) is 4.18. The van der Waals surface area contributed by atoms with Crippen LogP contribution < -0.4 is 0 Å². The van der Waals surface area contributed by atoms with E-state index in [1.54, 1.807) is 24.5 Å². The molecule has 0 atom stereocenters. The second kappa shape index (κ2) is 6.99. The van der Waals surface area contributed by atoms with Crippen molar-refractivity contribution in [3.8, 4) is 11.3 Å². The van der Waals surface area contributed by atoms with Crippen molar-refractivity contribution in [1.82, 2.24) is 9.99 Å². The summed E-state index contributed by atoms with van der Waals surface area (Å²) in [5.41, 5.74) is 1.86. The molecule has 0 saturated heterocycles. The number of hydrazone groups is 1. The van der Waals surface area contributed by atoms with E-state index in [2.05, 4.69) is 15.1 Å². The molecule has 0 unspecified atom stereocenters. The van der Waals surface area contributed by atoms with E-state index < -0.39 is 5.91 Å². The molecule has 3 aromatic rings. The zero-order chi connectivity index (χ0) is 19.8. The van der Waals surface area contributed by atoms with Crippen molar-refractivity contribution < 1.29 is 9.21 Å². The summed E-state index contributed by atoms with van der Waals surface area (Å²) < 4.78 is 5.83. The van der Waals surface area contributed by atoms with Gasteiger partial charge in [-0.3, -0.25) is 15.2 Å². The largest absolute Gasteiger partial charge is 0.457 e. The Morgan fingerprint density at radius 2 is 1.86 bits per heavy atom. The van der Waals surface area contributed by atoms with Gasteiger partial charge in [-0.05, 0) is 42.1 Å². The first-order chi connectivity index (χ1) is 14.2. The van der Waals surface area contributed by atoms with Gasteiger partial charge >= 0.3 is 0 Å². The highest BCUT2D eigenvalue weighted by Crippen LogP contribution is 2.31. The summed E-state index contributed by atoms with van der Waals surface area (Å²) in [5.74, 6) is 0.627. The summed E-state index contributed by atoms with van der Waals surface area (Å²) in [5, 5.41) is 15.3. The van der Waals surface area contributed by atoms with Gasteiger partial charge in [0, 0.05) is 23.5 Å². The number of amides is 1. The first kappa shape index (κ1) is 17.3. The molecule has 2 aromatic heterocycles. The minimum absolute atomic E-state index is 0.0379. The third kappa shape index (κ3) is 3.19. The molecule has 140 valence electrons. The van der Waals surface area contributed by atoms with Crippen LogP contribution >= 0.6 is 11.8 Å². The predicted octanol–water partition coefficient (Wildman–Crippen LogP) is 4.01. The van der Waals surface area contributed by atoms with Crippen LogP contribution in [0.4, 0.5) is 0 Å². The minimum atomic E-state index is -0.492. The van der Waals surface area contributed by atoms with Gasteiger partial charge in [-0.15, -0.1) is 0 Å². The van der Waals surface area contributed by atoms with Crippen LogP contribution in [0.2, 0.25) is 0 Å². The Bertz CT molecular complexity index is 1210. The highest BCUT2D eigenvalue weighted by atomic mass is 32.2. The summed E-state index contributed by atoms with van der Waals surface area (Å²) in [6, 6.07) is 16.9. The number of furan rings is 1. The molecule has 0 fully saturated rings. The van der Waals surface area contributed by atoms with Gasteiger partial charge in [0.1, 0.15) is 16.6 Å². The van der Waals surface area contributed by atoms with Crippen molar-refractivity contribution in [2.45, 2.75) is 0 Å². The third-order valence-electron chi connectivity index (χ3n) is 4.33. The number of nitrogens with zero attached hydrogens (tertiary/aromatic N) is 4. The second-order valence-electron chi connectivity index (χ2n) is 6.23. The second-order valence-corrected chi connectivity index (χ2v) is 7.19. The molecule has 1 N–H and O–H groups in total. The fourth-order valence-electron chi connectivity index (χ4n) is 2.93. The number of carbonyl (C=O) groups excluding carboxylic acids is 1. The fourth-order valence-corrected chi connectivity index (χ4v) is 3.81. The number of carbonyl (C=O) groups is 1. The molecule has 29 heavy (non-hydrogen) atoms. The maximum Gasteiger partial charge on any atom is 0.283 e. The number of aromatic nitrogens is 1. The lowest BCUT2D eigenvalue weighted by molar-refractivity contribution is -0.114. The number of nitrogens with one attached hydrogen (secondary N) is 1. The molecule has 1 aromatic carbocycles. The Labute approximate surface area is 170 Å². The Morgan fingerprint density at radius 1 is 1.03 bits per heavy atom. The SMILES string of the molecule is N=C1/C(=C/c2ccc(-c3ccccc3)o2)C(=O)N=C2SC(c3cccnc3)=NN12. The average molecular weight is 399 g/mol. The van der Waals surface area contributed by atoms with Crippen molar-refractivity contribution in [3.63, 3.8) is 0 Å². The summed E-state index contributed by atoms with van der Waals surface area (Å²) >= 11 is 1.24. The van der Waals surface area contributed by atoms with Crippen LogP contribution in [0, 0.1) is 5.41 Å². The van der Waals surface area contributed by atoms with E-state index in [1.807, 2.05) is 42.5 Å². The van der Waals surface area contributed by atoms with Gasteiger partial charge in [-0.2, -0.15) is 15.1 Å². The summed E-state index contributed by atoms with van der Waals surface area (Å²) in [6.45, 7) is 0. The molecule has 0 saturated carbocycles. The highest BCUT2D eigenvalue weighted by Gasteiger charge is 2.36. The fraction of sp³-hybridized carbons (Fsp3) is 0. The standard InChI is InChI=1S/C21H13N5O2S/c22-18-16(11-15-8-9-17(28-15)13-5-2-1-3-6-13)19(27)24-21-26(18)25-20(29-21)14-7-4-10-23-12-14/h1-12,22H/b16-11-,22-18?. The third-order valence-corrected chi connectivity index (χ3v) is 5.29. The highest BCUT2D eigenvalue weighted by molar-refractivity contribution is 8.27. The van der Waals surface area contributed by atoms with Gasteiger partial charge in [0.25, 0.3) is 5.91 Å². The molecule has 0 spiro atoms. The van der Waals surface area contributed by atoms with Gasteiger partial charge < -0.3 is 4.42 Å². The van der Waals surface area contributed by atoms with Crippen LogP contribution in [0.3, 0.4) is 0 Å². The monoisotopic (exact) mass is 399 g/mol. The summed E-state index contributed by atoms with van der Waals surface area (Å²) in [4.78, 5) is 20.7. The number of pyridine rings is 1. The molecule has 8 heteroatoms. The van der Waals surface area contributed by atoms with Gasteiger partial charge in [0.05, 0.1) is 5.57 Å². The minimum Gasteiger partial charge on any atom is -0.457 e. The molecule has 2 aliphatic heterocycles. The zero-order valence-corrected chi connectivity index (χ0v) is 15.8. The molecular formula is C21H13N5O2S. The molecule has 0 bridgehead atoms. The van der Waals surface area contributed by atoms with E-state index in [0.29, 0.717) is 21.7 Å². The van der Waals surface area contributed by atoms with E-state index >= 15 is 0 Å². The summed E-state index contributed by atoms with van der Waals surface area (Å²) in [6.07, 6.45) is 4.88. The molecule has 7 nitrogen and oxygen atoms in total. The maximum absolute atomic E-state index is 12.5. The van der Waals surface area contributed by atoms with E-state index in [0.717, 1.165) is 11.1 Å². The molecule has 1 amide bonds. The molecule has 0 radical (unpaired) electrons. The Morgan fingerprint density at radius 3 is 2.66 bits per heavy atom. The number of thioether (sulfide) groups is 1. The topological polar surface area (TPSA) is 94.9 Å². The number of fused-ring (bicyclic) bond motifs is 1. The first-order valence-electron chi connectivity index (χ1n) is 8.75. The molecule has 0 aliphatic carbocycles. The van der Waals surface area contributed by atoms with Crippen LogP contribution in [0.5, 0.6) is 0 Å². The molecular weight excluding hydrogens is 386 g/mol. The lowest BCUT2D eigenvalue weighted by Gasteiger charge is -2.19. The zero-order valence-electron chi connectivity index (χ0n) is 14.9. The van der Waals surface area contributed by atoms with Crippen LogP contribution in [0.1, 0.15) is 11.3 Å². The van der Waals surface area contributed by atoms with E-state index in [9.17, 15) is 4.79 Å². The lowest BCUT2D eigenvalue weighted by atomic mass is 10.1. The van der Waals surface area contributed by atoms with E-state index in [1.165, 1.54) is 22.8 Å². The van der Waals surface area contributed by atoms with Gasteiger partial charge in [-0.1, -0.05) is 30.3 Å². The number of aliphatic imine (C=N–C) groups is 1. The number of benzene rings is 1. The van der Waals surface area contributed by atoms with Crippen LogP contribution in [0.15, 0.2) is 87.1 Å². The molecule has 5 rings (SSSR count). The maximum atomic E-state index is 12.5. The Hall–Kier alpha value is -3.78. The smallest absolute Gasteiger partial charge is 0.283 e. The predicted molar refractivity (Wildman–Crippen MR) is 112 cm³/mol. The van der Waals surface area contributed by atoms with Crippen molar-refractivity contribution >= 4 is 39.8 Å². The number of rotatable bonds is 3. The quantitative estimate of drug-likeness (QED) is 0.672. The van der Waals surface area contributed by atoms with Gasteiger partial charge in [-0.25, -0.2) is 0 Å². The van der Waals surface area contributed by atoms with Gasteiger partial charge in [0.15, 0.2) is 5.84 Å². The first-order valence-corrected chi connectivity index (χ1v) is 9.56. The molecule has 4 heterocycles. The van der Waals surface area contributed by atoms with Crippen molar-refractivity contribution in [2.24, 2.45) is 10.1 Å². The Balaban J connectivity index is 1.46. The number of hydrogen-bond acceptors (Lipinski definition) is 6. The van der Waals surface area contributed by atoms with E-state index in [4.69, 9.17) is 9.83 Å². The number of hydrogen-bond donors (Lipinski definition) is 1. The normalized spacial score (nSPS) is 17.4. The van der Waals surface area contributed by atoms with Crippen molar-refractivity contribution in [1.29, 1.82) is 5.41 Å². The summed E-state index contributed by atoms with van der Waals surface area (Å²) in [7, 11) is 0. The van der Waals surface area contributed by atoms with E-state index in [-0.39, 0.29) is 11.4 Å². The van der Waals surface area contributed by atoms with Crippen molar-refractivity contribution in [2.75, 3.05) is 0 Å². The van der Waals surface area contributed by atoms with Crippen LogP contribution in [0.25, 0.3) is 17.4 Å². The van der Waals surface area contributed by atoms with Crippen molar-refractivity contribution in [3.05, 3.63) is 83.9 Å². The number of amidine groups is 2. The average Bonchev–Trinajstić information content (AvgIpc) is 3.40. The van der Waals surface area contributed by atoms with Crippen LogP contribution in [-0.2, 0) is 4.79 Å². The lowest BCUT2D eigenvalue weighted by Crippen LogP contribution is -2.35. The van der Waals surface area contributed by atoms with Gasteiger partial charge in [0.2, 0.25) is 5.17 Å².